The first kappa shape index (κ1) is 16.3. The topological polar surface area (TPSA) is 38.3 Å². The zero-order valence-corrected chi connectivity index (χ0v) is 12.5. The maximum atomic E-state index is 11.7. The third kappa shape index (κ3) is 6.98. The van der Waals surface area contributed by atoms with Gasteiger partial charge in [-0.3, -0.25) is 5.32 Å². The van der Waals surface area contributed by atoms with Crippen LogP contribution in [0.3, 0.4) is 0 Å². The highest BCUT2D eigenvalue weighted by atomic mass is 16.6. The van der Waals surface area contributed by atoms with Gasteiger partial charge in [-0.1, -0.05) is 51.3 Å². The molecule has 0 aliphatic carbocycles. The first-order chi connectivity index (χ1) is 9.76. The van der Waals surface area contributed by atoms with Crippen LogP contribution in [0.4, 0.5) is 10.5 Å². The molecule has 3 nitrogen and oxygen atoms in total. The quantitative estimate of drug-likeness (QED) is 0.502. The van der Waals surface area contributed by atoms with Gasteiger partial charge in [0.1, 0.15) is 5.76 Å². The van der Waals surface area contributed by atoms with Crippen molar-refractivity contribution in [3.05, 3.63) is 42.2 Å². The number of amides is 1. The lowest BCUT2D eigenvalue weighted by molar-refractivity contribution is 0.188. The fraction of sp³-hybridized carbons (Fsp3) is 0.471. The average Bonchev–Trinajstić information content (AvgIpc) is 2.46. The van der Waals surface area contributed by atoms with E-state index in [2.05, 4.69) is 12.2 Å². The molecule has 20 heavy (non-hydrogen) atoms. The van der Waals surface area contributed by atoms with Gasteiger partial charge < -0.3 is 4.74 Å². The van der Waals surface area contributed by atoms with E-state index in [9.17, 15) is 4.79 Å². The third-order valence-electron chi connectivity index (χ3n) is 3.02. The Morgan fingerprint density at radius 3 is 2.55 bits per heavy atom. The molecule has 0 bridgehead atoms. The molecule has 0 radical (unpaired) electrons. The van der Waals surface area contributed by atoms with E-state index in [0.29, 0.717) is 0 Å². The maximum absolute atomic E-state index is 11.7. The van der Waals surface area contributed by atoms with Crippen LogP contribution in [0.25, 0.3) is 0 Å². The largest absolute Gasteiger partial charge is 0.416 e. The molecule has 0 aromatic heterocycles. The monoisotopic (exact) mass is 275 g/mol. The smallest absolute Gasteiger partial charge is 0.415 e. The summed E-state index contributed by atoms with van der Waals surface area (Å²) in [6.07, 6.45) is 8.21. The molecular formula is C17H25NO2. The first-order valence-corrected chi connectivity index (χ1v) is 7.49. The van der Waals surface area contributed by atoms with Crippen LogP contribution in [-0.4, -0.2) is 6.09 Å². The molecule has 1 rings (SSSR count). The molecule has 110 valence electrons. The number of carbonyl (C=O) groups is 1. The predicted octanol–water partition coefficient (Wildman–Crippen LogP) is 5.50. The number of hydrogen-bond acceptors (Lipinski definition) is 2. The van der Waals surface area contributed by atoms with E-state index in [1.165, 1.54) is 19.3 Å². The van der Waals surface area contributed by atoms with Crippen LogP contribution in [0, 0.1) is 0 Å². The number of anilines is 1. The molecule has 0 atom stereocenters. The van der Waals surface area contributed by atoms with Crippen molar-refractivity contribution in [1.29, 1.82) is 0 Å². The van der Waals surface area contributed by atoms with E-state index in [1.54, 1.807) is 0 Å². The highest BCUT2D eigenvalue weighted by molar-refractivity contribution is 5.85. The van der Waals surface area contributed by atoms with Crippen LogP contribution in [0.15, 0.2) is 42.2 Å². The van der Waals surface area contributed by atoms with Crippen molar-refractivity contribution in [3.8, 4) is 0 Å². The van der Waals surface area contributed by atoms with Crippen molar-refractivity contribution in [2.24, 2.45) is 0 Å². The van der Waals surface area contributed by atoms with E-state index in [4.69, 9.17) is 4.74 Å². The van der Waals surface area contributed by atoms with Crippen LogP contribution in [0.5, 0.6) is 0 Å². The average molecular weight is 275 g/mol. The third-order valence-corrected chi connectivity index (χ3v) is 3.02. The van der Waals surface area contributed by atoms with E-state index in [0.717, 1.165) is 30.7 Å². The molecule has 3 heteroatoms. The minimum atomic E-state index is -0.419. The van der Waals surface area contributed by atoms with Gasteiger partial charge in [-0.15, -0.1) is 0 Å². The molecule has 0 heterocycles. The van der Waals surface area contributed by atoms with E-state index < -0.39 is 6.09 Å². The SMILES string of the molecule is CCCCCCC=C(CC)OC(=O)Nc1ccccc1. The number of allylic oxidation sites excluding steroid dienone is 2. The molecular weight excluding hydrogens is 250 g/mol. The number of unbranched alkanes of at least 4 members (excludes halogenated alkanes) is 4. The van der Waals surface area contributed by atoms with Crippen LogP contribution >= 0.6 is 0 Å². The summed E-state index contributed by atoms with van der Waals surface area (Å²) < 4.78 is 5.32. The van der Waals surface area contributed by atoms with E-state index in [-0.39, 0.29) is 0 Å². The summed E-state index contributed by atoms with van der Waals surface area (Å²) in [5.41, 5.74) is 0.746. The highest BCUT2D eigenvalue weighted by Crippen LogP contribution is 2.11. The van der Waals surface area contributed by atoms with Gasteiger partial charge in [0.25, 0.3) is 0 Å². The minimum absolute atomic E-state index is 0.419. The normalized spacial score (nSPS) is 11.2. The zero-order valence-electron chi connectivity index (χ0n) is 12.5. The van der Waals surface area contributed by atoms with Gasteiger partial charge in [-0.25, -0.2) is 4.79 Å². The maximum Gasteiger partial charge on any atom is 0.416 e. The lowest BCUT2D eigenvalue weighted by Crippen LogP contribution is -2.13. The van der Waals surface area contributed by atoms with Crippen LogP contribution in [0.2, 0.25) is 0 Å². The molecule has 1 aromatic carbocycles. The number of rotatable bonds is 8. The lowest BCUT2D eigenvalue weighted by atomic mass is 10.1. The predicted molar refractivity (Wildman–Crippen MR) is 83.7 cm³/mol. The molecule has 1 N–H and O–H groups in total. The Hall–Kier alpha value is -1.77. The molecule has 0 fully saturated rings. The van der Waals surface area contributed by atoms with Gasteiger partial charge in [-0.2, -0.15) is 0 Å². The van der Waals surface area contributed by atoms with Crippen molar-refractivity contribution >= 4 is 11.8 Å². The van der Waals surface area contributed by atoms with Crippen LogP contribution in [0.1, 0.15) is 52.4 Å². The highest BCUT2D eigenvalue weighted by Gasteiger charge is 2.05. The summed E-state index contributed by atoms with van der Waals surface area (Å²) in [6.45, 7) is 4.19. The number of benzene rings is 1. The molecule has 0 aliphatic heterocycles. The Labute approximate surface area is 122 Å². The van der Waals surface area contributed by atoms with Gasteiger partial charge in [0.05, 0.1) is 0 Å². The van der Waals surface area contributed by atoms with Crippen molar-refractivity contribution in [2.75, 3.05) is 5.32 Å². The molecule has 1 aromatic rings. The van der Waals surface area contributed by atoms with Gasteiger partial charge in [-0.05, 0) is 31.1 Å². The fourth-order valence-corrected chi connectivity index (χ4v) is 1.88. The van der Waals surface area contributed by atoms with E-state index in [1.807, 2.05) is 43.3 Å². The van der Waals surface area contributed by atoms with Crippen LogP contribution < -0.4 is 5.32 Å². The Kier molecular flexibility index (Phi) is 8.20. The number of ether oxygens (including phenoxy) is 1. The number of carbonyl (C=O) groups excluding carboxylic acids is 1. The molecule has 0 spiro atoms. The van der Waals surface area contributed by atoms with Gasteiger partial charge in [0.2, 0.25) is 0 Å². The summed E-state index contributed by atoms with van der Waals surface area (Å²) >= 11 is 0. The summed E-state index contributed by atoms with van der Waals surface area (Å²) in [5.74, 6) is 0.745. The Morgan fingerprint density at radius 2 is 1.90 bits per heavy atom. The number of nitrogens with one attached hydrogen (secondary N) is 1. The zero-order chi connectivity index (χ0) is 14.6. The van der Waals surface area contributed by atoms with Crippen molar-refractivity contribution < 1.29 is 9.53 Å². The second-order valence-electron chi connectivity index (χ2n) is 4.75. The van der Waals surface area contributed by atoms with E-state index >= 15 is 0 Å². The van der Waals surface area contributed by atoms with Gasteiger partial charge in [0, 0.05) is 12.1 Å². The molecule has 0 saturated heterocycles. The molecule has 0 unspecified atom stereocenters. The summed E-state index contributed by atoms with van der Waals surface area (Å²) in [5, 5.41) is 2.72. The number of hydrogen-bond donors (Lipinski definition) is 1. The number of para-hydroxylation sites is 1. The first-order valence-electron chi connectivity index (χ1n) is 7.49. The standard InChI is InChI=1S/C17H25NO2/c1-3-5-6-7-11-14-16(4-2)20-17(19)18-15-12-9-8-10-13-15/h8-10,12-14H,3-7,11H2,1-2H3,(H,18,19). The Bertz CT molecular complexity index is 412. The second kappa shape index (κ2) is 10.1. The minimum Gasteiger partial charge on any atom is -0.415 e. The molecule has 0 aliphatic rings. The Morgan fingerprint density at radius 1 is 1.15 bits per heavy atom. The summed E-state index contributed by atoms with van der Waals surface area (Å²) in [4.78, 5) is 11.7. The summed E-state index contributed by atoms with van der Waals surface area (Å²) in [7, 11) is 0. The van der Waals surface area contributed by atoms with Crippen molar-refractivity contribution in [2.45, 2.75) is 52.4 Å². The Balaban J connectivity index is 2.35. The summed E-state index contributed by atoms with van der Waals surface area (Å²) in [6, 6.07) is 9.33. The van der Waals surface area contributed by atoms with Crippen LogP contribution in [-0.2, 0) is 4.74 Å². The van der Waals surface area contributed by atoms with Gasteiger partial charge in [0.15, 0.2) is 0 Å². The van der Waals surface area contributed by atoms with Crippen molar-refractivity contribution in [1.82, 2.24) is 0 Å². The second-order valence-corrected chi connectivity index (χ2v) is 4.75. The molecule has 0 saturated carbocycles. The molecule has 1 amide bonds. The van der Waals surface area contributed by atoms with Crippen molar-refractivity contribution in [3.63, 3.8) is 0 Å². The lowest BCUT2D eigenvalue weighted by Gasteiger charge is -2.08. The van der Waals surface area contributed by atoms with Gasteiger partial charge >= 0.3 is 6.09 Å². The fourth-order valence-electron chi connectivity index (χ4n) is 1.88.